The third kappa shape index (κ3) is 12.0. The fourth-order valence-electron chi connectivity index (χ4n) is 2.74. The third-order valence-corrected chi connectivity index (χ3v) is 7.77. The smallest absolute Gasteiger partial charge is 0.408 e. The number of hydrogen-bond acceptors (Lipinski definition) is 9. The zero-order valence-corrected chi connectivity index (χ0v) is 25.1. The summed E-state index contributed by atoms with van der Waals surface area (Å²) in [6, 6.07) is -1.52. The number of amides is 4. The summed E-state index contributed by atoms with van der Waals surface area (Å²) in [5, 5.41) is 15.9. The van der Waals surface area contributed by atoms with Crippen LogP contribution >= 0.6 is 22.9 Å². The molecule has 0 bridgehead atoms. The summed E-state index contributed by atoms with van der Waals surface area (Å²) in [4.78, 5) is 50.6. The average molecular weight is 597 g/mol. The van der Waals surface area contributed by atoms with Gasteiger partial charge in [0.25, 0.3) is 11.8 Å². The molecule has 4 amide bonds. The lowest BCUT2D eigenvalue weighted by atomic mass is 10.0. The summed E-state index contributed by atoms with van der Waals surface area (Å²) in [6.45, 7) is 12.5. The van der Waals surface area contributed by atoms with Crippen LogP contribution in [0.25, 0.3) is 0 Å². The maximum atomic E-state index is 13.9. The lowest BCUT2D eigenvalue weighted by Crippen LogP contribution is -2.51. The van der Waals surface area contributed by atoms with Crippen molar-refractivity contribution >= 4 is 56.9 Å². The molecule has 1 unspecified atom stereocenters. The number of rotatable bonds is 9. The van der Waals surface area contributed by atoms with E-state index in [0.29, 0.717) is 0 Å². The van der Waals surface area contributed by atoms with Crippen LogP contribution in [0.1, 0.15) is 61.8 Å². The first kappa shape index (κ1) is 33.6. The molecule has 1 rings (SSSR count). The Balaban J connectivity index is 3.36. The molecule has 3 atom stereocenters. The summed E-state index contributed by atoms with van der Waals surface area (Å²) in [5.74, 6) is -2.15. The fourth-order valence-corrected chi connectivity index (χ4v) is 5.83. The van der Waals surface area contributed by atoms with E-state index in [0.717, 1.165) is 11.3 Å². The Labute approximate surface area is 232 Å². The van der Waals surface area contributed by atoms with Gasteiger partial charge in [0.15, 0.2) is 9.92 Å². The minimum Gasteiger partial charge on any atom is -0.444 e. The Morgan fingerprint density at radius 1 is 1.03 bits per heavy atom. The molecule has 0 spiro atoms. The maximum Gasteiger partial charge on any atom is 0.408 e. The topological polar surface area (TPSA) is 172 Å². The summed E-state index contributed by atoms with van der Waals surface area (Å²) >= 11 is 6.85. The van der Waals surface area contributed by atoms with Crippen molar-refractivity contribution < 1.29 is 38.0 Å². The minimum absolute atomic E-state index is 0.0567. The number of hydrogen-bond donors (Lipinski definition) is 4. The molecule has 0 radical (unpaired) electrons. The molecule has 216 valence electrons. The van der Waals surface area contributed by atoms with Gasteiger partial charge in [0.2, 0.25) is 0 Å². The zero-order chi connectivity index (χ0) is 29.5. The molecule has 4 N–H and O–H groups in total. The number of aliphatic hydroxyl groups excluding tert-OH is 1. The Morgan fingerprint density at radius 3 is 1.92 bits per heavy atom. The quantitative estimate of drug-likeness (QED) is 0.334. The van der Waals surface area contributed by atoms with Crippen LogP contribution in [0.2, 0.25) is 5.02 Å². The van der Waals surface area contributed by atoms with Gasteiger partial charge in [0, 0.05) is 5.38 Å². The third-order valence-electron chi connectivity index (χ3n) is 4.16. The number of ether oxygens (including phenoxy) is 2. The van der Waals surface area contributed by atoms with E-state index in [9.17, 15) is 28.5 Å². The second-order valence-electron chi connectivity index (χ2n) is 10.7. The molecular weight excluding hydrogens is 560 g/mol. The molecule has 0 fully saturated rings. The van der Waals surface area contributed by atoms with Crippen molar-refractivity contribution in [3.05, 3.63) is 16.5 Å². The van der Waals surface area contributed by atoms with Crippen LogP contribution in [-0.4, -0.2) is 63.2 Å². The van der Waals surface area contributed by atoms with Gasteiger partial charge in [-0.15, -0.1) is 15.7 Å². The fraction of sp³-hybridized carbons (Fsp3) is 0.652. The SMILES string of the molecule is CC(C)C[C@H](NC(=O)OC(C)(C)C)C(=O)N=S(=O)(NC(=O)[C@H](CO)NC(=O)OC(C)(C)C)c1cc(Cl)cs1. The first-order chi connectivity index (χ1) is 17.2. The van der Waals surface area contributed by atoms with E-state index in [-0.39, 0.29) is 21.6 Å². The highest BCUT2D eigenvalue weighted by Crippen LogP contribution is 2.25. The zero-order valence-electron chi connectivity index (χ0n) is 22.7. The van der Waals surface area contributed by atoms with Crippen molar-refractivity contribution in [3.8, 4) is 0 Å². The van der Waals surface area contributed by atoms with Gasteiger partial charge in [-0.2, -0.15) is 0 Å². The number of aliphatic hydroxyl groups is 1. The van der Waals surface area contributed by atoms with Crippen molar-refractivity contribution in [2.24, 2.45) is 10.3 Å². The molecule has 0 aliphatic heterocycles. The molecule has 0 aromatic carbocycles. The normalized spacial score (nSPS) is 15.0. The van der Waals surface area contributed by atoms with Crippen LogP contribution in [0.15, 0.2) is 20.0 Å². The summed E-state index contributed by atoms with van der Waals surface area (Å²) in [5.41, 5.74) is -1.71. The van der Waals surface area contributed by atoms with Gasteiger partial charge >= 0.3 is 12.2 Å². The van der Waals surface area contributed by atoms with Crippen molar-refractivity contribution in [1.82, 2.24) is 15.4 Å². The molecule has 0 aliphatic carbocycles. The largest absolute Gasteiger partial charge is 0.444 e. The first-order valence-electron chi connectivity index (χ1n) is 11.7. The van der Waals surface area contributed by atoms with Crippen molar-refractivity contribution in [1.29, 1.82) is 0 Å². The van der Waals surface area contributed by atoms with Crippen LogP contribution in [0.4, 0.5) is 9.59 Å². The van der Waals surface area contributed by atoms with Crippen molar-refractivity contribution in [3.63, 3.8) is 0 Å². The highest BCUT2D eigenvalue weighted by atomic mass is 35.5. The van der Waals surface area contributed by atoms with Gasteiger partial charge in [-0.25, -0.2) is 13.8 Å². The number of nitrogens with zero attached hydrogens (tertiary/aromatic N) is 1. The number of halogens is 1. The molecule has 1 aromatic heterocycles. The van der Waals surface area contributed by atoms with Crippen LogP contribution in [0.5, 0.6) is 0 Å². The van der Waals surface area contributed by atoms with Crippen LogP contribution in [0.3, 0.4) is 0 Å². The molecule has 0 saturated heterocycles. The average Bonchev–Trinajstić information content (AvgIpc) is 3.15. The lowest BCUT2D eigenvalue weighted by molar-refractivity contribution is -0.122. The minimum atomic E-state index is -4.01. The van der Waals surface area contributed by atoms with Gasteiger partial charge < -0.3 is 25.2 Å². The van der Waals surface area contributed by atoms with Gasteiger partial charge in [0.05, 0.1) is 11.6 Å². The molecule has 38 heavy (non-hydrogen) atoms. The second kappa shape index (κ2) is 13.6. The van der Waals surface area contributed by atoms with E-state index in [1.165, 1.54) is 11.4 Å². The Kier molecular flexibility index (Phi) is 12.0. The van der Waals surface area contributed by atoms with Gasteiger partial charge in [-0.1, -0.05) is 25.4 Å². The van der Waals surface area contributed by atoms with Crippen LogP contribution < -0.4 is 15.4 Å². The molecular formula is C23H37ClN4O8S2. The van der Waals surface area contributed by atoms with E-state index in [1.807, 2.05) is 13.8 Å². The summed E-state index contributed by atoms with van der Waals surface area (Å²) in [6.07, 6.45) is -1.73. The highest BCUT2D eigenvalue weighted by molar-refractivity contribution is 7.94. The van der Waals surface area contributed by atoms with E-state index in [4.69, 9.17) is 21.1 Å². The van der Waals surface area contributed by atoms with Crippen LogP contribution in [0, 0.1) is 5.92 Å². The van der Waals surface area contributed by atoms with Gasteiger partial charge in [-0.3, -0.25) is 14.3 Å². The molecule has 1 heterocycles. The summed E-state index contributed by atoms with van der Waals surface area (Å²) < 4.78 is 30.1. The Bertz CT molecular complexity index is 1130. The Morgan fingerprint density at radius 2 is 1.53 bits per heavy atom. The molecule has 1 aromatic rings. The number of nitrogens with one attached hydrogen (secondary N) is 3. The van der Waals surface area contributed by atoms with Gasteiger partial charge in [0.1, 0.15) is 27.5 Å². The predicted octanol–water partition coefficient (Wildman–Crippen LogP) is 3.61. The maximum absolute atomic E-state index is 13.9. The van der Waals surface area contributed by atoms with E-state index in [2.05, 4.69) is 19.7 Å². The van der Waals surface area contributed by atoms with Crippen LogP contribution in [-0.2, 0) is 29.0 Å². The number of carbonyl (C=O) groups excluding carboxylic acids is 4. The first-order valence-corrected chi connectivity index (χ1v) is 14.5. The molecule has 0 aliphatic rings. The highest BCUT2D eigenvalue weighted by Gasteiger charge is 2.31. The Hall–Kier alpha value is -2.42. The van der Waals surface area contributed by atoms with E-state index in [1.54, 1.807) is 41.5 Å². The molecule has 15 heteroatoms. The predicted molar refractivity (Wildman–Crippen MR) is 144 cm³/mol. The standard InChI is InChI=1S/C23H37ClN4O8S2/c1-13(2)9-15(25-20(32)35-22(3,4)5)18(30)27-38(34,17-10-14(24)12-37-17)28-19(31)16(11-29)26-21(33)36-23(6,7)8/h10,12-13,15-16,29H,9,11H2,1-8H3,(H,25,32)(H,26,33)(H,27,28,30,31,34)/t15-,16-,38?/m0/s1. The van der Waals surface area contributed by atoms with Crippen molar-refractivity contribution in [2.75, 3.05) is 6.61 Å². The molecule has 12 nitrogen and oxygen atoms in total. The monoisotopic (exact) mass is 596 g/mol. The van der Waals surface area contributed by atoms with E-state index >= 15 is 0 Å². The lowest BCUT2D eigenvalue weighted by Gasteiger charge is -2.24. The number of alkyl carbamates (subject to hydrolysis) is 2. The summed E-state index contributed by atoms with van der Waals surface area (Å²) in [7, 11) is -4.01. The van der Waals surface area contributed by atoms with Gasteiger partial charge in [-0.05, 0) is 59.9 Å². The molecule has 0 saturated carbocycles. The second-order valence-corrected chi connectivity index (χ2v) is 14.2. The van der Waals surface area contributed by atoms with E-state index < -0.39 is 63.8 Å². The number of thiophene rings is 1. The number of carbonyl (C=O) groups is 4. The van der Waals surface area contributed by atoms with Crippen molar-refractivity contribution in [2.45, 2.75) is 89.3 Å².